The van der Waals surface area contributed by atoms with Crippen molar-refractivity contribution in [2.45, 2.75) is 0 Å². The molecule has 1 N–H and O–H groups in total. The van der Waals surface area contributed by atoms with Crippen LogP contribution in [-0.2, 0) is 0 Å². The summed E-state index contributed by atoms with van der Waals surface area (Å²) in [6, 6.07) is 18.2. The number of phenolic OH excluding ortho intramolecular Hbond substituents is 1. The minimum atomic E-state index is -0.357. The molecule has 3 aromatic rings. The second kappa shape index (κ2) is 8.21. The maximum atomic E-state index is 12.5. The van der Waals surface area contributed by atoms with Gasteiger partial charge in [0.25, 0.3) is 0 Å². The first-order valence-electron chi connectivity index (χ1n) is 7.21. The van der Waals surface area contributed by atoms with Gasteiger partial charge in [0.1, 0.15) is 11.5 Å². The molecule has 0 atom stereocenters. The number of ether oxygens (including phenoxy) is 1. The van der Waals surface area contributed by atoms with E-state index in [4.69, 9.17) is 4.74 Å². The number of benzene rings is 3. The van der Waals surface area contributed by atoms with E-state index in [1.165, 1.54) is 0 Å². The van der Waals surface area contributed by atoms with Crippen molar-refractivity contribution in [3.8, 4) is 22.6 Å². The van der Waals surface area contributed by atoms with Crippen molar-refractivity contribution in [1.29, 1.82) is 0 Å². The summed E-state index contributed by atoms with van der Waals surface area (Å²) in [5.41, 5.74) is 2.56. The molecule has 0 saturated carbocycles. The minimum absolute atomic E-state index is 0.232. The quantitative estimate of drug-likeness (QED) is 0.159. The van der Waals surface area contributed by atoms with Crippen LogP contribution in [-0.4, -0.2) is 11.1 Å². The second-order valence-corrected chi connectivity index (χ2v) is 8.58. The van der Waals surface area contributed by atoms with Gasteiger partial charge in [0.15, 0.2) is 0 Å². The average Bonchev–Trinajstić information content (AvgIpc) is 2.60. The van der Waals surface area contributed by atoms with Gasteiger partial charge < -0.3 is 9.84 Å². The molecule has 0 aliphatic heterocycles. The van der Waals surface area contributed by atoms with E-state index in [2.05, 4.69) is 67.8 Å². The fourth-order valence-electron chi connectivity index (χ4n) is 2.24. The summed E-state index contributed by atoms with van der Waals surface area (Å²) in [7, 11) is 0. The van der Waals surface area contributed by atoms with E-state index in [-0.39, 0.29) is 11.7 Å². The van der Waals surface area contributed by atoms with Gasteiger partial charge in [-0.05, 0) is 115 Å². The Hall–Kier alpha value is -0.880. The molecule has 0 aliphatic rings. The third kappa shape index (κ3) is 4.45. The fourth-order valence-corrected chi connectivity index (χ4v) is 4.57. The second-order valence-electron chi connectivity index (χ2n) is 5.18. The smallest absolute Gasteiger partial charge is 0.345 e. The number of carbonyl (C=O) groups excluding carboxylic acids is 1. The van der Waals surface area contributed by atoms with Gasteiger partial charge in [0.2, 0.25) is 0 Å². The van der Waals surface area contributed by atoms with Crippen molar-refractivity contribution in [2.24, 2.45) is 0 Å². The number of hydrogen-bond donors (Lipinski definition) is 1. The van der Waals surface area contributed by atoms with E-state index in [9.17, 15) is 9.90 Å². The van der Waals surface area contributed by atoms with Crippen molar-refractivity contribution in [2.75, 3.05) is 0 Å². The summed E-state index contributed by atoms with van der Waals surface area (Å²) in [5, 5.41) is 9.36. The number of phenols is 1. The first-order chi connectivity index (χ1) is 12.0. The van der Waals surface area contributed by atoms with Crippen LogP contribution >= 0.6 is 67.8 Å². The lowest BCUT2D eigenvalue weighted by Crippen LogP contribution is -2.13. The lowest BCUT2D eigenvalue weighted by molar-refractivity contribution is 0.0732. The molecule has 0 bridgehead atoms. The highest BCUT2D eigenvalue weighted by Gasteiger charge is 2.18. The van der Waals surface area contributed by atoms with E-state index >= 15 is 0 Å². The molecular weight excluding hydrogens is 657 g/mol. The monoisotopic (exact) mass is 668 g/mol. The molecule has 6 heteroatoms. The highest BCUT2D eigenvalue weighted by atomic mass is 127. The zero-order chi connectivity index (χ0) is 18.0. The van der Waals surface area contributed by atoms with Gasteiger partial charge in [0, 0.05) is 10.7 Å². The SMILES string of the molecule is O=C(Oc1ccc(-c2ccc(O)cc2)cc1)c1c(I)ccc(I)c1I. The standard InChI is InChI=1S/C19H11I3O3/c20-15-9-10-16(21)18(22)17(15)19(24)25-14-7-3-12(4-8-14)11-1-5-13(23)6-2-11/h1-10,23H. The number of aromatic hydroxyl groups is 1. The van der Waals surface area contributed by atoms with Crippen molar-refractivity contribution < 1.29 is 14.6 Å². The van der Waals surface area contributed by atoms with Crippen LogP contribution in [0.1, 0.15) is 10.4 Å². The number of rotatable bonds is 3. The van der Waals surface area contributed by atoms with E-state index in [1.54, 1.807) is 24.3 Å². The van der Waals surface area contributed by atoms with Gasteiger partial charge in [-0.1, -0.05) is 24.3 Å². The van der Waals surface area contributed by atoms with Gasteiger partial charge in [-0.15, -0.1) is 0 Å². The van der Waals surface area contributed by atoms with Gasteiger partial charge >= 0.3 is 5.97 Å². The predicted molar refractivity (Wildman–Crippen MR) is 123 cm³/mol. The Morgan fingerprint density at radius 2 is 1.28 bits per heavy atom. The molecule has 0 saturated heterocycles. The van der Waals surface area contributed by atoms with Crippen molar-refractivity contribution in [1.82, 2.24) is 0 Å². The van der Waals surface area contributed by atoms with E-state index < -0.39 is 0 Å². The zero-order valence-corrected chi connectivity index (χ0v) is 19.1. The minimum Gasteiger partial charge on any atom is -0.508 e. The highest BCUT2D eigenvalue weighted by Crippen LogP contribution is 2.27. The Morgan fingerprint density at radius 1 is 0.760 bits per heavy atom. The summed E-state index contributed by atoms with van der Waals surface area (Å²) < 4.78 is 8.32. The van der Waals surface area contributed by atoms with E-state index in [1.807, 2.05) is 36.4 Å². The zero-order valence-electron chi connectivity index (χ0n) is 12.7. The lowest BCUT2D eigenvalue weighted by atomic mass is 10.1. The molecule has 0 fully saturated rings. The predicted octanol–water partition coefficient (Wildman–Crippen LogP) is 6.09. The molecule has 3 aromatic carbocycles. The number of esters is 1. The molecule has 3 rings (SSSR count). The van der Waals surface area contributed by atoms with Gasteiger partial charge in [-0.2, -0.15) is 0 Å². The van der Waals surface area contributed by atoms with Crippen LogP contribution in [0, 0.1) is 10.7 Å². The molecule has 0 unspecified atom stereocenters. The van der Waals surface area contributed by atoms with Crippen LogP contribution in [0.3, 0.4) is 0 Å². The van der Waals surface area contributed by atoms with Gasteiger partial charge in [0.05, 0.1) is 5.56 Å². The van der Waals surface area contributed by atoms with Crippen LogP contribution < -0.4 is 4.74 Å². The first kappa shape index (κ1) is 18.9. The molecule has 0 spiro atoms. The van der Waals surface area contributed by atoms with Crippen LogP contribution in [0.2, 0.25) is 0 Å². The Balaban J connectivity index is 1.81. The Bertz CT molecular complexity index is 920. The van der Waals surface area contributed by atoms with Crippen molar-refractivity contribution >= 4 is 73.7 Å². The molecule has 0 amide bonds. The fraction of sp³-hybridized carbons (Fsp3) is 0. The summed E-state index contributed by atoms with van der Waals surface area (Å²) >= 11 is 6.53. The summed E-state index contributed by atoms with van der Waals surface area (Å²) in [6.07, 6.45) is 0. The third-order valence-electron chi connectivity index (χ3n) is 3.51. The maximum absolute atomic E-state index is 12.5. The molecule has 126 valence electrons. The van der Waals surface area contributed by atoms with Gasteiger partial charge in [-0.25, -0.2) is 4.79 Å². The highest BCUT2D eigenvalue weighted by molar-refractivity contribution is 14.1. The van der Waals surface area contributed by atoms with Gasteiger partial charge in [-0.3, -0.25) is 0 Å². The normalized spacial score (nSPS) is 10.5. The average molecular weight is 668 g/mol. The van der Waals surface area contributed by atoms with E-state index in [0.29, 0.717) is 11.3 Å². The summed E-state index contributed by atoms with van der Waals surface area (Å²) in [4.78, 5) is 12.5. The number of halogens is 3. The first-order valence-corrected chi connectivity index (χ1v) is 10.4. The molecule has 25 heavy (non-hydrogen) atoms. The summed E-state index contributed by atoms with van der Waals surface area (Å²) in [6.45, 7) is 0. The molecule has 3 nitrogen and oxygen atoms in total. The Kier molecular flexibility index (Phi) is 6.21. The lowest BCUT2D eigenvalue weighted by Gasteiger charge is -2.10. The van der Waals surface area contributed by atoms with Crippen LogP contribution in [0.5, 0.6) is 11.5 Å². The van der Waals surface area contributed by atoms with Crippen LogP contribution in [0.15, 0.2) is 60.7 Å². The topological polar surface area (TPSA) is 46.5 Å². The molecule has 0 radical (unpaired) electrons. The molecule has 0 aliphatic carbocycles. The van der Waals surface area contributed by atoms with E-state index in [0.717, 1.165) is 21.8 Å². The Labute approximate surface area is 186 Å². The summed E-state index contributed by atoms with van der Waals surface area (Å²) in [5.74, 6) is 0.374. The van der Waals surface area contributed by atoms with Crippen LogP contribution in [0.4, 0.5) is 0 Å². The molecule has 0 aromatic heterocycles. The third-order valence-corrected chi connectivity index (χ3v) is 7.46. The molecular formula is C19H11I3O3. The Morgan fingerprint density at radius 3 is 1.88 bits per heavy atom. The van der Waals surface area contributed by atoms with Crippen molar-refractivity contribution in [3.63, 3.8) is 0 Å². The maximum Gasteiger partial charge on any atom is 0.345 e. The van der Waals surface area contributed by atoms with Crippen LogP contribution in [0.25, 0.3) is 11.1 Å². The number of carbonyl (C=O) groups is 1. The number of hydrogen-bond acceptors (Lipinski definition) is 3. The van der Waals surface area contributed by atoms with Crippen molar-refractivity contribution in [3.05, 3.63) is 76.9 Å². The molecule has 0 heterocycles. The largest absolute Gasteiger partial charge is 0.508 e.